The van der Waals surface area contributed by atoms with Gasteiger partial charge >= 0.3 is 0 Å². The van der Waals surface area contributed by atoms with Crippen molar-refractivity contribution < 1.29 is 23.4 Å². The van der Waals surface area contributed by atoms with Gasteiger partial charge in [0.05, 0.1) is 44.4 Å². The molecule has 8 heteroatoms. The SMILES string of the molecule is COc1ccc([C@@H]2c3c(oc4ccccc4c3=O)C(=O)N2CCCN2CCOCC2)cc1OC. The van der Waals surface area contributed by atoms with E-state index in [1.165, 1.54) is 0 Å². The highest BCUT2D eigenvalue weighted by Crippen LogP contribution is 2.40. The monoisotopic (exact) mass is 464 g/mol. The molecular weight excluding hydrogens is 436 g/mol. The molecule has 0 N–H and O–H groups in total. The maximum absolute atomic E-state index is 13.6. The first kappa shape index (κ1) is 22.4. The van der Waals surface area contributed by atoms with Gasteiger partial charge in [-0.1, -0.05) is 18.2 Å². The maximum atomic E-state index is 13.6. The third-order valence-corrected chi connectivity index (χ3v) is 6.57. The van der Waals surface area contributed by atoms with Crippen LogP contribution in [-0.4, -0.2) is 69.3 Å². The summed E-state index contributed by atoms with van der Waals surface area (Å²) in [6.45, 7) is 4.58. The van der Waals surface area contributed by atoms with Crippen molar-refractivity contribution in [3.63, 3.8) is 0 Å². The number of nitrogens with zero attached hydrogens (tertiary/aromatic N) is 2. The zero-order valence-electron chi connectivity index (χ0n) is 19.4. The van der Waals surface area contributed by atoms with Gasteiger partial charge in [0.2, 0.25) is 5.76 Å². The average molecular weight is 465 g/mol. The number of morpholine rings is 1. The van der Waals surface area contributed by atoms with Gasteiger partial charge in [0.15, 0.2) is 16.9 Å². The van der Waals surface area contributed by atoms with E-state index in [9.17, 15) is 9.59 Å². The van der Waals surface area contributed by atoms with Crippen LogP contribution in [0.5, 0.6) is 11.5 Å². The number of ether oxygens (including phenoxy) is 3. The zero-order valence-corrected chi connectivity index (χ0v) is 19.4. The molecule has 0 saturated carbocycles. The second-order valence-corrected chi connectivity index (χ2v) is 8.49. The molecule has 0 bridgehead atoms. The molecule has 8 nitrogen and oxygen atoms in total. The Bertz CT molecular complexity index is 1260. The highest BCUT2D eigenvalue weighted by Gasteiger charge is 2.42. The number of carbonyl (C=O) groups is 1. The molecule has 1 atom stereocenters. The number of methoxy groups -OCH3 is 2. The lowest BCUT2D eigenvalue weighted by Crippen LogP contribution is -2.38. The van der Waals surface area contributed by atoms with Crippen LogP contribution in [0.2, 0.25) is 0 Å². The first-order chi connectivity index (χ1) is 16.6. The number of benzene rings is 2. The first-order valence-electron chi connectivity index (χ1n) is 11.5. The van der Waals surface area contributed by atoms with E-state index in [4.69, 9.17) is 18.6 Å². The molecule has 2 aliphatic heterocycles. The number of carbonyl (C=O) groups excluding carboxylic acids is 1. The van der Waals surface area contributed by atoms with E-state index in [0.717, 1.165) is 44.8 Å². The summed E-state index contributed by atoms with van der Waals surface area (Å²) in [6.07, 6.45) is 0.775. The van der Waals surface area contributed by atoms with Gasteiger partial charge in [-0.15, -0.1) is 0 Å². The Morgan fingerprint density at radius 1 is 0.971 bits per heavy atom. The summed E-state index contributed by atoms with van der Waals surface area (Å²) in [6, 6.07) is 12.0. The van der Waals surface area contributed by atoms with Crippen molar-refractivity contribution in [2.75, 3.05) is 53.6 Å². The number of amides is 1. The first-order valence-corrected chi connectivity index (χ1v) is 11.5. The van der Waals surface area contributed by atoms with Crippen molar-refractivity contribution in [2.45, 2.75) is 12.5 Å². The molecule has 178 valence electrons. The number of rotatable bonds is 7. The minimum absolute atomic E-state index is 0.120. The number of para-hydroxylation sites is 1. The van der Waals surface area contributed by atoms with Gasteiger partial charge < -0.3 is 23.5 Å². The third kappa shape index (κ3) is 3.93. The smallest absolute Gasteiger partial charge is 0.290 e. The van der Waals surface area contributed by atoms with E-state index in [1.54, 1.807) is 49.5 Å². The van der Waals surface area contributed by atoms with Gasteiger partial charge in [0.1, 0.15) is 5.58 Å². The molecule has 34 heavy (non-hydrogen) atoms. The van der Waals surface area contributed by atoms with Crippen molar-refractivity contribution in [2.24, 2.45) is 0 Å². The largest absolute Gasteiger partial charge is 0.493 e. The van der Waals surface area contributed by atoms with Crippen LogP contribution in [0.15, 0.2) is 51.7 Å². The fraction of sp³-hybridized carbons (Fsp3) is 0.385. The van der Waals surface area contributed by atoms with Crippen LogP contribution in [0.4, 0.5) is 0 Å². The van der Waals surface area contributed by atoms with Gasteiger partial charge in [-0.3, -0.25) is 14.5 Å². The predicted molar refractivity (Wildman–Crippen MR) is 127 cm³/mol. The van der Waals surface area contributed by atoms with Gasteiger partial charge in [0, 0.05) is 26.2 Å². The average Bonchev–Trinajstić information content (AvgIpc) is 3.16. The fourth-order valence-corrected chi connectivity index (χ4v) is 4.86. The van der Waals surface area contributed by atoms with Crippen molar-refractivity contribution in [1.82, 2.24) is 9.80 Å². The van der Waals surface area contributed by atoms with Crippen LogP contribution in [0.3, 0.4) is 0 Å². The molecule has 0 radical (unpaired) electrons. The lowest BCUT2D eigenvalue weighted by atomic mass is 9.98. The summed E-state index contributed by atoms with van der Waals surface area (Å²) in [5.41, 5.74) is 1.39. The Balaban J connectivity index is 1.55. The lowest BCUT2D eigenvalue weighted by Gasteiger charge is -2.29. The van der Waals surface area contributed by atoms with Crippen LogP contribution in [0.25, 0.3) is 11.0 Å². The van der Waals surface area contributed by atoms with Gasteiger partial charge in [-0.05, 0) is 36.2 Å². The summed E-state index contributed by atoms with van der Waals surface area (Å²) in [5.74, 6) is 0.981. The molecule has 2 aromatic carbocycles. The minimum atomic E-state index is -0.562. The highest BCUT2D eigenvalue weighted by atomic mass is 16.5. The molecule has 5 rings (SSSR count). The van der Waals surface area contributed by atoms with Crippen LogP contribution in [0, 0.1) is 0 Å². The van der Waals surface area contributed by atoms with E-state index in [0.29, 0.717) is 34.6 Å². The molecule has 0 spiro atoms. The van der Waals surface area contributed by atoms with Crippen LogP contribution in [0.1, 0.15) is 34.1 Å². The molecule has 0 aliphatic carbocycles. The standard InChI is InChI=1S/C26H28N2O6/c1-31-20-9-8-17(16-21(20)32-2)23-22-24(29)18-6-3-4-7-19(18)34-25(22)26(30)28(23)11-5-10-27-12-14-33-15-13-27/h3-4,6-9,16,23H,5,10-15H2,1-2H3/t23-/m1/s1. The van der Waals surface area contributed by atoms with E-state index < -0.39 is 6.04 Å². The number of fused-ring (bicyclic) bond motifs is 2. The number of hydrogen-bond acceptors (Lipinski definition) is 7. The van der Waals surface area contributed by atoms with Crippen LogP contribution >= 0.6 is 0 Å². The van der Waals surface area contributed by atoms with Crippen LogP contribution in [-0.2, 0) is 4.74 Å². The van der Waals surface area contributed by atoms with Crippen molar-refractivity contribution in [3.05, 3.63) is 69.6 Å². The Morgan fingerprint density at radius 3 is 2.50 bits per heavy atom. The Hall–Kier alpha value is -3.36. The predicted octanol–water partition coefficient (Wildman–Crippen LogP) is 3.08. The summed E-state index contributed by atoms with van der Waals surface area (Å²) in [7, 11) is 3.14. The molecule has 1 fully saturated rings. The van der Waals surface area contributed by atoms with Gasteiger partial charge in [-0.25, -0.2) is 0 Å². The molecule has 3 aromatic rings. The quantitative estimate of drug-likeness (QED) is 0.532. The molecular formula is C26H28N2O6. The second-order valence-electron chi connectivity index (χ2n) is 8.49. The lowest BCUT2D eigenvalue weighted by molar-refractivity contribution is 0.0353. The van der Waals surface area contributed by atoms with Crippen molar-refractivity contribution in [1.29, 1.82) is 0 Å². The highest BCUT2D eigenvalue weighted by molar-refractivity contribution is 5.99. The van der Waals surface area contributed by atoms with Gasteiger partial charge in [-0.2, -0.15) is 0 Å². The zero-order chi connectivity index (χ0) is 23.7. The fourth-order valence-electron chi connectivity index (χ4n) is 4.86. The van der Waals surface area contributed by atoms with Crippen LogP contribution < -0.4 is 14.9 Å². The maximum Gasteiger partial charge on any atom is 0.290 e. The molecule has 1 amide bonds. The molecule has 0 unspecified atom stereocenters. The van der Waals surface area contributed by atoms with Crippen molar-refractivity contribution in [3.8, 4) is 11.5 Å². The topological polar surface area (TPSA) is 81.5 Å². The molecule has 2 aliphatic rings. The normalized spacial score (nSPS) is 18.4. The third-order valence-electron chi connectivity index (χ3n) is 6.57. The summed E-state index contributed by atoms with van der Waals surface area (Å²) in [5, 5.41) is 0.467. The Morgan fingerprint density at radius 2 is 1.74 bits per heavy atom. The summed E-state index contributed by atoms with van der Waals surface area (Å²) < 4.78 is 22.3. The van der Waals surface area contributed by atoms with E-state index in [2.05, 4.69) is 4.90 Å². The summed E-state index contributed by atoms with van der Waals surface area (Å²) in [4.78, 5) is 31.2. The molecule has 1 saturated heterocycles. The molecule has 3 heterocycles. The van der Waals surface area contributed by atoms with E-state index >= 15 is 0 Å². The van der Waals surface area contributed by atoms with Crippen molar-refractivity contribution >= 4 is 16.9 Å². The number of hydrogen-bond donors (Lipinski definition) is 0. The van der Waals surface area contributed by atoms with Gasteiger partial charge in [0.25, 0.3) is 5.91 Å². The molecule has 1 aromatic heterocycles. The minimum Gasteiger partial charge on any atom is -0.493 e. The Labute approximate surface area is 197 Å². The van der Waals surface area contributed by atoms with E-state index in [-0.39, 0.29) is 17.1 Å². The summed E-state index contributed by atoms with van der Waals surface area (Å²) >= 11 is 0. The van der Waals surface area contributed by atoms with E-state index in [1.807, 2.05) is 12.1 Å². The second kappa shape index (κ2) is 9.48. The Kier molecular flexibility index (Phi) is 6.26.